The molecule has 2 atom stereocenters. The predicted molar refractivity (Wildman–Crippen MR) is 71.3 cm³/mol. The fourth-order valence-corrected chi connectivity index (χ4v) is 2.98. The summed E-state index contributed by atoms with van der Waals surface area (Å²) in [5.74, 6) is 0.945. The Labute approximate surface area is 106 Å². The van der Waals surface area contributed by atoms with Crippen LogP contribution in [0.3, 0.4) is 0 Å². The maximum Gasteiger partial charge on any atom is 0.0699 e. The molecule has 1 N–H and O–H groups in total. The highest BCUT2D eigenvalue weighted by atomic mass is 16.5. The first-order chi connectivity index (χ1) is 8.38. The monoisotopic (exact) mass is 240 g/mol. The topological polar surface area (TPSA) is 24.5 Å². The lowest BCUT2D eigenvalue weighted by atomic mass is 10.0. The van der Waals surface area contributed by atoms with Crippen LogP contribution in [0.2, 0.25) is 0 Å². The maximum atomic E-state index is 5.81. The van der Waals surface area contributed by atoms with Crippen molar-refractivity contribution in [1.82, 2.24) is 10.2 Å². The van der Waals surface area contributed by atoms with Gasteiger partial charge in [0.05, 0.1) is 6.10 Å². The molecule has 0 aromatic rings. The Hall–Kier alpha value is -0.120. The van der Waals surface area contributed by atoms with E-state index in [4.69, 9.17) is 4.74 Å². The smallest absolute Gasteiger partial charge is 0.0699 e. The van der Waals surface area contributed by atoms with Crippen molar-refractivity contribution in [2.75, 3.05) is 39.3 Å². The average Bonchev–Trinajstić information content (AvgIpc) is 2.74. The molecule has 3 nitrogen and oxygen atoms in total. The number of rotatable bonds is 5. The van der Waals surface area contributed by atoms with Crippen LogP contribution < -0.4 is 5.32 Å². The number of hydrogen-bond acceptors (Lipinski definition) is 3. The Morgan fingerprint density at radius 1 is 1.41 bits per heavy atom. The molecule has 0 aliphatic carbocycles. The SMILES string of the molecule is CCC1CN(CCCC2CCNC2)CCCO1. The lowest BCUT2D eigenvalue weighted by Gasteiger charge is -2.23. The summed E-state index contributed by atoms with van der Waals surface area (Å²) in [6.07, 6.45) is 7.00. The van der Waals surface area contributed by atoms with E-state index in [1.165, 1.54) is 51.9 Å². The molecule has 0 aromatic carbocycles. The van der Waals surface area contributed by atoms with E-state index >= 15 is 0 Å². The molecule has 17 heavy (non-hydrogen) atoms. The predicted octanol–water partition coefficient (Wildman–Crippen LogP) is 1.88. The van der Waals surface area contributed by atoms with E-state index in [9.17, 15) is 0 Å². The van der Waals surface area contributed by atoms with E-state index < -0.39 is 0 Å². The molecule has 2 aliphatic heterocycles. The summed E-state index contributed by atoms with van der Waals surface area (Å²) in [6, 6.07) is 0. The van der Waals surface area contributed by atoms with Crippen molar-refractivity contribution in [2.24, 2.45) is 5.92 Å². The molecule has 0 spiro atoms. The highest BCUT2D eigenvalue weighted by Crippen LogP contribution is 2.16. The van der Waals surface area contributed by atoms with Gasteiger partial charge in [0, 0.05) is 19.7 Å². The zero-order chi connectivity index (χ0) is 11.9. The van der Waals surface area contributed by atoms with Gasteiger partial charge in [0.25, 0.3) is 0 Å². The van der Waals surface area contributed by atoms with Gasteiger partial charge in [0.15, 0.2) is 0 Å². The van der Waals surface area contributed by atoms with E-state index in [2.05, 4.69) is 17.1 Å². The Balaban J connectivity index is 1.62. The summed E-state index contributed by atoms with van der Waals surface area (Å²) >= 11 is 0. The maximum absolute atomic E-state index is 5.81. The van der Waals surface area contributed by atoms with Crippen LogP contribution in [0.5, 0.6) is 0 Å². The minimum Gasteiger partial charge on any atom is -0.377 e. The third-order valence-electron chi connectivity index (χ3n) is 4.14. The van der Waals surface area contributed by atoms with Gasteiger partial charge in [-0.1, -0.05) is 6.92 Å². The molecule has 100 valence electrons. The molecule has 2 aliphatic rings. The third kappa shape index (κ3) is 4.57. The van der Waals surface area contributed by atoms with Gasteiger partial charge >= 0.3 is 0 Å². The molecule has 2 saturated heterocycles. The van der Waals surface area contributed by atoms with Gasteiger partial charge in [0.1, 0.15) is 0 Å². The Morgan fingerprint density at radius 3 is 3.12 bits per heavy atom. The van der Waals surface area contributed by atoms with Gasteiger partial charge in [-0.15, -0.1) is 0 Å². The Bertz CT molecular complexity index is 204. The van der Waals surface area contributed by atoms with E-state index in [0.717, 1.165) is 25.5 Å². The van der Waals surface area contributed by atoms with Crippen LogP contribution in [-0.4, -0.2) is 50.3 Å². The van der Waals surface area contributed by atoms with Crippen LogP contribution in [0.4, 0.5) is 0 Å². The summed E-state index contributed by atoms with van der Waals surface area (Å²) in [6.45, 7) is 9.34. The van der Waals surface area contributed by atoms with Crippen LogP contribution in [0.25, 0.3) is 0 Å². The lowest BCUT2D eigenvalue weighted by molar-refractivity contribution is 0.0516. The van der Waals surface area contributed by atoms with Crippen LogP contribution >= 0.6 is 0 Å². The van der Waals surface area contributed by atoms with Crippen LogP contribution in [0.15, 0.2) is 0 Å². The second-order valence-electron chi connectivity index (χ2n) is 5.56. The Kier molecular flexibility index (Phi) is 5.75. The van der Waals surface area contributed by atoms with Crippen LogP contribution in [0, 0.1) is 5.92 Å². The molecule has 0 bridgehead atoms. The summed E-state index contributed by atoms with van der Waals surface area (Å²) < 4.78 is 5.81. The molecular formula is C14H28N2O. The van der Waals surface area contributed by atoms with Gasteiger partial charge < -0.3 is 15.0 Å². The molecule has 2 rings (SSSR count). The number of nitrogens with zero attached hydrogens (tertiary/aromatic N) is 1. The normalized spacial score (nSPS) is 31.6. The summed E-state index contributed by atoms with van der Waals surface area (Å²) in [7, 11) is 0. The fourth-order valence-electron chi connectivity index (χ4n) is 2.98. The Morgan fingerprint density at radius 2 is 2.35 bits per heavy atom. The van der Waals surface area contributed by atoms with Crippen LogP contribution in [-0.2, 0) is 4.74 Å². The van der Waals surface area contributed by atoms with Crippen molar-refractivity contribution < 1.29 is 4.74 Å². The van der Waals surface area contributed by atoms with Gasteiger partial charge in [-0.05, 0) is 57.7 Å². The van der Waals surface area contributed by atoms with Gasteiger partial charge in [0.2, 0.25) is 0 Å². The average molecular weight is 240 g/mol. The van der Waals surface area contributed by atoms with E-state index in [-0.39, 0.29) is 0 Å². The molecule has 0 radical (unpaired) electrons. The first-order valence-corrected chi connectivity index (χ1v) is 7.43. The van der Waals surface area contributed by atoms with Crippen LogP contribution in [0.1, 0.15) is 39.0 Å². The zero-order valence-corrected chi connectivity index (χ0v) is 11.3. The largest absolute Gasteiger partial charge is 0.377 e. The van der Waals surface area contributed by atoms with Crippen molar-refractivity contribution in [3.8, 4) is 0 Å². The zero-order valence-electron chi connectivity index (χ0n) is 11.3. The second kappa shape index (κ2) is 7.34. The molecule has 0 amide bonds. The molecule has 3 heteroatoms. The van der Waals surface area contributed by atoms with Crippen molar-refractivity contribution >= 4 is 0 Å². The minimum absolute atomic E-state index is 0.477. The lowest BCUT2D eigenvalue weighted by Crippen LogP contribution is -2.32. The molecule has 0 aromatic heterocycles. The summed E-state index contributed by atoms with van der Waals surface area (Å²) in [4.78, 5) is 2.61. The number of hydrogen-bond donors (Lipinski definition) is 1. The highest BCUT2D eigenvalue weighted by molar-refractivity contribution is 4.73. The van der Waals surface area contributed by atoms with Gasteiger partial charge in [-0.25, -0.2) is 0 Å². The van der Waals surface area contributed by atoms with E-state index in [0.29, 0.717) is 6.10 Å². The molecule has 2 fully saturated rings. The minimum atomic E-state index is 0.477. The number of ether oxygens (including phenoxy) is 1. The molecular weight excluding hydrogens is 212 g/mol. The fraction of sp³-hybridized carbons (Fsp3) is 1.00. The van der Waals surface area contributed by atoms with E-state index in [1.807, 2.05) is 0 Å². The summed E-state index contributed by atoms with van der Waals surface area (Å²) in [5, 5.41) is 3.45. The molecule has 2 heterocycles. The summed E-state index contributed by atoms with van der Waals surface area (Å²) in [5.41, 5.74) is 0. The van der Waals surface area contributed by atoms with Crippen molar-refractivity contribution in [3.05, 3.63) is 0 Å². The molecule has 2 unspecified atom stereocenters. The number of nitrogens with one attached hydrogen (secondary N) is 1. The molecule has 0 saturated carbocycles. The first-order valence-electron chi connectivity index (χ1n) is 7.43. The quantitative estimate of drug-likeness (QED) is 0.794. The third-order valence-corrected chi connectivity index (χ3v) is 4.14. The van der Waals surface area contributed by atoms with Crippen molar-refractivity contribution in [1.29, 1.82) is 0 Å². The standard InChI is InChI=1S/C14H28N2O/c1-2-14-12-16(9-4-10-17-14)8-3-5-13-6-7-15-11-13/h13-15H,2-12H2,1H3. The van der Waals surface area contributed by atoms with Gasteiger partial charge in [-0.2, -0.15) is 0 Å². The first kappa shape index (κ1) is 13.3. The van der Waals surface area contributed by atoms with Crippen molar-refractivity contribution in [2.45, 2.75) is 45.1 Å². The van der Waals surface area contributed by atoms with Crippen molar-refractivity contribution in [3.63, 3.8) is 0 Å². The van der Waals surface area contributed by atoms with Gasteiger partial charge in [-0.3, -0.25) is 0 Å². The second-order valence-corrected chi connectivity index (χ2v) is 5.56. The highest BCUT2D eigenvalue weighted by Gasteiger charge is 2.18. The van der Waals surface area contributed by atoms with E-state index in [1.54, 1.807) is 0 Å².